The van der Waals surface area contributed by atoms with E-state index in [1.54, 1.807) is 6.07 Å². The molecule has 23 heavy (non-hydrogen) atoms. The number of rotatable bonds is 7. The molecule has 1 fully saturated rings. The van der Waals surface area contributed by atoms with Gasteiger partial charge in [-0.25, -0.2) is 8.42 Å². The largest absolute Gasteiger partial charge is 0.393 e. The standard InChI is InChI=1S/C16H23F2NO3S/c17-16(18)23(21,22)15-10-4-2-8-13(15)19-11-5-7-12-6-1-3-9-14(12)20/h2,4,8,10,12,14,16,19-20H,1,3,5-7,9,11H2. The van der Waals surface area contributed by atoms with Gasteiger partial charge in [-0.1, -0.05) is 25.0 Å². The summed E-state index contributed by atoms with van der Waals surface area (Å²) in [6.07, 6.45) is 5.39. The van der Waals surface area contributed by atoms with Crippen molar-refractivity contribution in [1.29, 1.82) is 0 Å². The number of sulfone groups is 1. The van der Waals surface area contributed by atoms with Gasteiger partial charge in [-0.2, -0.15) is 8.78 Å². The number of hydrogen-bond donors (Lipinski definition) is 2. The van der Waals surface area contributed by atoms with Gasteiger partial charge in [-0.05, 0) is 43.7 Å². The number of nitrogens with one attached hydrogen (secondary N) is 1. The fraction of sp³-hybridized carbons (Fsp3) is 0.625. The van der Waals surface area contributed by atoms with Crippen LogP contribution >= 0.6 is 0 Å². The van der Waals surface area contributed by atoms with Crippen LogP contribution < -0.4 is 5.32 Å². The van der Waals surface area contributed by atoms with Crippen LogP contribution in [0.5, 0.6) is 0 Å². The minimum atomic E-state index is -4.61. The maximum atomic E-state index is 12.7. The van der Waals surface area contributed by atoms with Gasteiger partial charge in [0.15, 0.2) is 0 Å². The molecule has 1 aromatic rings. The number of benzene rings is 1. The highest BCUT2D eigenvalue weighted by Crippen LogP contribution is 2.29. The van der Waals surface area contributed by atoms with Crippen molar-refractivity contribution in [2.24, 2.45) is 5.92 Å². The number of aliphatic hydroxyl groups excluding tert-OH is 1. The molecule has 4 nitrogen and oxygen atoms in total. The van der Waals surface area contributed by atoms with E-state index in [0.29, 0.717) is 6.54 Å². The van der Waals surface area contributed by atoms with Crippen molar-refractivity contribution in [2.75, 3.05) is 11.9 Å². The minimum absolute atomic E-state index is 0.206. The molecule has 0 saturated heterocycles. The zero-order chi connectivity index (χ0) is 16.9. The molecule has 1 saturated carbocycles. The summed E-state index contributed by atoms with van der Waals surface area (Å²) in [7, 11) is -4.61. The number of para-hydroxylation sites is 1. The molecular weight excluding hydrogens is 324 g/mol. The van der Waals surface area contributed by atoms with Gasteiger partial charge < -0.3 is 10.4 Å². The molecule has 0 bridgehead atoms. The Balaban J connectivity index is 1.91. The molecule has 2 rings (SSSR count). The molecule has 0 spiro atoms. The highest BCUT2D eigenvalue weighted by molar-refractivity contribution is 7.91. The molecule has 2 atom stereocenters. The van der Waals surface area contributed by atoms with Crippen molar-refractivity contribution in [3.8, 4) is 0 Å². The lowest BCUT2D eigenvalue weighted by Crippen LogP contribution is -2.24. The van der Waals surface area contributed by atoms with E-state index in [2.05, 4.69) is 5.32 Å². The Hall–Kier alpha value is -1.21. The molecule has 1 aliphatic carbocycles. The van der Waals surface area contributed by atoms with Crippen LogP contribution in [0, 0.1) is 5.92 Å². The Labute approximate surface area is 135 Å². The van der Waals surface area contributed by atoms with Crippen LogP contribution in [0.15, 0.2) is 29.2 Å². The molecule has 2 N–H and O–H groups in total. The van der Waals surface area contributed by atoms with E-state index in [9.17, 15) is 22.3 Å². The van der Waals surface area contributed by atoms with Gasteiger partial charge >= 0.3 is 5.76 Å². The van der Waals surface area contributed by atoms with E-state index in [1.165, 1.54) is 18.2 Å². The maximum absolute atomic E-state index is 12.7. The molecule has 0 amide bonds. The quantitative estimate of drug-likeness (QED) is 0.742. The summed E-state index contributed by atoms with van der Waals surface area (Å²) in [6.45, 7) is 0.485. The topological polar surface area (TPSA) is 66.4 Å². The summed E-state index contributed by atoms with van der Waals surface area (Å²) in [5.74, 6) is -3.14. The van der Waals surface area contributed by atoms with E-state index in [1.807, 2.05) is 0 Å². The van der Waals surface area contributed by atoms with Crippen LogP contribution in [0.1, 0.15) is 38.5 Å². The molecule has 2 unspecified atom stereocenters. The van der Waals surface area contributed by atoms with Crippen LogP contribution in [0.25, 0.3) is 0 Å². The average Bonchev–Trinajstić information content (AvgIpc) is 2.53. The second-order valence-electron chi connectivity index (χ2n) is 5.98. The maximum Gasteiger partial charge on any atom is 0.341 e. The Morgan fingerprint density at radius 1 is 1.22 bits per heavy atom. The van der Waals surface area contributed by atoms with E-state index in [-0.39, 0.29) is 22.6 Å². The van der Waals surface area contributed by atoms with Crippen LogP contribution in [0.3, 0.4) is 0 Å². The number of alkyl halides is 2. The monoisotopic (exact) mass is 347 g/mol. The zero-order valence-electron chi connectivity index (χ0n) is 12.9. The van der Waals surface area contributed by atoms with Crippen molar-refractivity contribution in [1.82, 2.24) is 0 Å². The van der Waals surface area contributed by atoms with Gasteiger partial charge in [-0.3, -0.25) is 0 Å². The smallest absolute Gasteiger partial charge is 0.341 e. The lowest BCUT2D eigenvalue weighted by Gasteiger charge is -2.27. The Morgan fingerprint density at radius 2 is 1.91 bits per heavy atom. The first-order valence-corrected chi connectivity index (χ1v) is 9.50. The Kier molecular flexibility index (Phi) is 6.35. The molecule has 0 aliphatic heterocycles. The third kappa shape index (κ3) is 4.64. The molecule has 130 valence electrons. The van der Waals surface area contributed by atoms with E-state index >= 15 is 0 Å². The summed E-state index contributed by atoms with van der Waals surface area (Å²) in [5.41, 5.74) is 0.206. The summed E-state index contributed by atoms with van der Waals surface area (Å²) < 4.78 is 48.7. The fourth-order valence-corrected chi connectivity index (χ4v) is 3.98. The van der Waals surface area contributed by atoms with Crippen LogP contribution in [-0.2, 0) is 9.84 Å². The van der Waals surface area contributed by atoms with E-state index in [4.69, 9.17) is 0 Å². The van der Waals surface area contributed by atoms with Gasteiger partial charge in [-0.15, -0.1) is 0 Å². The lowest BCUT2D eigenvalue weighted by atomic mass is 9.83. The number of anilines is 1. The van der Waals surface area contributed by atoms with Crippen molar-refractivity contribution < 1.29 is 22.3 Å². The van der Waals surface area contributed by atoms with E-state index < -0.39 is 15.6 Å². The Morgan fingerprint density at radius 3 is 2.61 bits per heavy atom. The average molecular weight is 347 g/mol. The zero-order valence-corrected chi connectivity index (χ0v) is 13.7. The minimum Gasteiger partial charge on any atom is -0.393 e. The van der Waals surface area contributed by atoms with E-state index in [0.717, 1.165) is 38.5 Å². The Bertz CT molecular complexity index is 607. The SMILES string of the molecule is O=S(=O)(c1ccccc1NCCCC1CCCCC1O)C(F)F. The van der Waals surface area contributed by atoms with Gasteiger partial charge in [0.1, 0.15) is 0 Å². The normalized spacial score (nSPS) is 22.3. The summed E-state index contributed by atoms with van der Waals surface area (Å²) in [5, 5.41) is 12.8. The molecule has 0 aromatic heterocycles. The summed E-state index contributed by atoms with van der Waals surface area (Å²) in [6, 6.07) is 5.72. The molecular formula is C16H23F2NO3S. The van der Waals surface area contributed by atoms with Gasteiger partial charge in [0.25, 0.3) is 0 Å². The van der Waals surface area contributed by atoms with Gasteiger partial charge in [0.05, 0.1) is 16.7 Å². The summed E-state index contributed by atoms with van der Waals surface area (Å²) >= 11 is 0. The number of hydrogen-bond acceptors (Lipinski definition) is 4. The first kappa shape index (κ1) is 18.1. The third-order valence-electron chi connectivity index (χ3n) is 4.36. The van der Waals surface area contributed by atoms with Crippen molar-refractivity contribution >= 4 is 15.5 Å². The van der Waals surface area contributed by atoms with Crippen molar-refractivity contribution in [3.05, 3.63) is 24.3 Å². The molecule has 7 heteroatoms. The number of aliphatic hydroxyl groups is 1. The predicted octanol–water partition coefficient (Wildman–Crippen LogP) is 3.43. The van der Waals surface area contributed by atoms with Crippen molar-refractivity contribution in [2.45, 2.75) is 55.3 Å². The number of halogens is 2. The second kappa shape index (κ2) is 8.06. The van der Waals surface area contributed by atoms with Gasteiger partial charge in [0, 0.05) is 6.54 Å². The predicted molar refractivity (Wildman–Crippen MR) is 85.3 cm³/mol. The van der Waals surface area contributed by atoms with Crippen LogP contribution in [0.4, 0.5) is 14.5 Å². The first-order chi connectivity index (χ1) is 10.9. The molecule has 0 heterocycles. The molecule has 1 aromatic carbocycles. The second-order valence-corrected chi connectivity index (χ2v) is 7.87. The van der Waals surface area contributed by atoms with Crippen LogP contribution in [0.2, 0.25) is 0 Å². The highest BCUT2D eigenvalue weighted by atomic mass is 32.2. The first-order valence-electron chi connectivity index (χ1n) is 7.96. The third-order valence-corrected chi connectivity index (χ3v) is 5.80. The van der Waals surface area contributed by atoms with Gasteiger partial charge in [0.2, 0.25) is 9.84 Å². The molecule has 0 radical (unpaired) electrons. The van der Waals surface area contributed by atoms with Crippen molar-refractivity contribution in [3.63, 3.8) is 0 Å². The molecule has 1 aliphatic rings. The highest BCUT2D eigenvalue weighted by Gasteiger charge is 2.29. The fourth-order valence-electron chi connectivity index (χ4n) is 3.07. The summed E-state index contributed by atoms with van der Waals surface area (Å²) in [4.78, 5) is -0.368. The lowest BCUT2D eigenvalue weighted by molar-refractivity contribution is 0.0648. The van der Waals surface area contributed by atoms with Crippen LogP contribution in [-0.4, -0.2) is 31.9 Å².